The zero-order valence-electron chi connectivity index (χ0n) is 15.2. The fourth-order valence-electron chi connectivity index (χ4n) is 2.44. The molecule has 7 nitrogen and oxygen atoms in total. The lowest BCUT2D eigenvalue weighted by Crippen LogP contribution is -2.41. The molecule has 148 valence electrons. The van der Waals surface area contributed by atoms with E-state index in [1.807, 2.05) is 30.3 Å². The molecule has 0 unspecified atom stereocenters. The van der Waals surface area contributed by atoms with Crippen LogP contribution in [-0.2, 0) is 16.1 Å². The van der Waals surface area contributed by atoms with Gasteiger partial charge in [-0.25, -0.2) is 9.59 Å². The number of carbonyl (C=O) groups is 3. The van der Waals surface area contributed by atoms with Crippen LogP contribution in [0.4, 0.5) is 4.79 Å². The molecule has 0 atom stereocenters. The summed E-state index contributed by atoms with van der Waals surface area (Å²) in [5.41, 5.74) is 1.51. The van der Waals surface area contributed by atoms with Gasteiger partial charge in [0.25, 0.3) is 5.91 Å². The van der Waals surface area contributed by atoms with Gasteiger partial charge in [-0.05, 0) is 29.8 Å². The number of hydrogen-bond acceptors (Lipinski definition) is 5. The second-order valence-electron chi connectivity index (χ2n) is 5.94. The maximum Gasteiger partial charge on any atom is 0.374 e. The van der Waals surface area contributed by atoms with Gasteiger partial charge in [0.1, 0.15) is 5.76 Å². The highest BCUT2D eigenvalue weighted by atomic mass is 35.5. The van der Waals surface area contributed by atoms with E-state index in [2.05, 4.69) is 10.6 Å². The van der Waals surface area contributed by atoms with Crippen molar-refractivity contribution in [3.8, 4) is 11.3 Å². The fraction of sp³-hybridized carbons (Fsp3) is 0.0952. The van der Waals surface area contributed by atoms with E-state index in [-0.39, 0.29) is 12.3 Å². The van der Waals surface area contributed by atoms with Crippen LogP contribution in [0, 0.1) is 0 Å². The maximum atomic E-state index is 12.0. The highest BCUT2D eigenvalue weighted by Crippen LogP contribution is 2.29. The Hall–Kier alpha value is -3.58. The molecule has 0 aliphatic heterocycles. The van der Waals surface area contributed by atoms with Crippen molar-refractivity contribution in [2.75, 3.05) is 6.61 Å². The average Bonchev–Trinajstić information content (AvgIpc) is 3.22. The van der Waals surface area contributed by atoms with Crippen molar-refractivity contribution in [3.05, 3.63) is 83.1 Å². The molecule has 0 aliphatic rings. The lowest BCUT2D eigenvalue weighted by atomic mass is 10.2. The zero-order chi connectivity index (χ0) is 20.6. The van der Waals surface area contributed by atoms with Crippen LogP contribution in [0.15, 0.2) is 71.1 Å². The molecule has 3 rings (SSSR count). The van der Waals surface area contributed by atoms with Gasteiger partial charge in [-0.3, -0.25) is 10.1 Å². The minimum absolute atomic E-state index is 0.0822. The molecule has 29 heavy (non-hydrogen) atoms. The summed E-state index contributed by atoms with van der Waals surface area (Å²) in [5.74, 6) is -1.28. The number of hydrogen-bond donors (Lipinski definition) is 2. The summed E-state index contributed by atoms with van der Waals surface area (Å²) in [5, 5.41) is 5.09. The monoisotopic (exact) mass is 412 g/mol. The second-order valence-corrected chi connectivity index (χ2v) is 6.34. The molecular formula is C21H17ClN2O5. The predicted octanol–water partition coefficient (Wildman–Crippen LogP) is 3.78. The van der Waals surface area contributed by atoms with Crippen molar-refractivity contribution in [1.82, 2.24) is 10.6 Å². The first-order chi connectivity index (χ1) is 14.0. The summed E-state index contributed by atoms with van der Waals surface area (Å²) in [6.07, 6.45) is 0. The van der Waals surface area contributed by atoms with E-state index in [0.29, 0.717) is 16.3 Å². The van der Waals surface area contributed by atoms with E-state index in [0.717, 1.165) is 5.56 Å². The van der Waals surface area contributed by atoms with E-state index in [1.54, 1.807) is 30.3 Å². The lowest BCUT2D eigenvalue weighted by molar-refractivity contribution is -0.123. The number of halogens is 1. The third-order valence-electron chi connectivity index (χ3n) is 3.83. The Morgan fingerprint density at radius 1 is 0.931 bits per heavy atom. The molecule has 3 amide bonds. The quantitative estimate of drug-likeness (QED) is 0.600. The summed E-state index contributed by atoms with van der Waals surface area (Å²) in [7, 11) is 0. The molecule has 0 aliphatic carbocycles. The number of amides is 3. The Morgan fingerprint density at radius 3 is 2.41 bits per heavy atom. The van der Waals surface area contributed by atoms with Gasteiger partial charge in [0.15, 0.2) is 6.61 Å². The normalized spacial score (nSPS) is 10.2. The van der Waals surface area contributed by atoms with E-state index >= 15 is 0 Å². The van der Waals surface area contributed by atoms with Crippen LogP contribution >= 0.6 is 11.6 Å². The van der Waals surface area contributed by atoms with E-state index < -0.39 is 24.5 Å². The third-order valence-corrected chi connectivity index (χ3v) is 4.16. The summed E-state index contributed by atoms with van der Waals surface area (Å²) in [6, 6.07) is 18.5. The zero-order valence-corrected chi connectivity index (χ0v) is 15.9. The van der Waals surface area contributed by atoms with Crippen LogP contribution in [0.2, 0.25) is 5.02 Å². The second kappa shape index (κ2) is 9.57. The Labute approximate surface area is 171 Å². The maximum absolute atomic E-state index is 12.0. The van der Waals surface area contributed by atoms with Crippen LogP contribution in [0.1, 0.15) is 16.1 Å². The van der Waals surface area contributed by atoms with Gasteiger partial charge in [0.05, 0.1) is 5.02 Å². The SMILES string of the molecule is O=C(COC(=O)c1ccc(-c2ccccc2Cl)o1)NC(=O)NCc1ccccc1. The molecule has 1 aromatic heterocycles. The van der Waals surface area contributed by atoms with Crippen LogP contribution in [0.25, 0.3) is 11.3 Å². The molecule has 0 saturated carbocycles. The Bertz CT molecular complexity index is 1020. The van der Waals surface area contributed by atoms with E-state index in [9.17, 15) is 14.4 Å². The van der Waals surface area contributed by atoms with Crippen molar-refractivity contribution in [3.63, 3.8) is 0 Å². The van der Waals surface area contributed by atoms with E-state index in [1.165, 1.54) is 6.07 Å². The number of nitrogens with one attached hydrogen (secondary N) is 2. The average molecular weight is 413 g/mol. The molecule has 0 radical (unpaired) electrons. The standard InChI is InChI=1S/C21H17ClN2O5/c22-16-9-5-4-8-15(16)17-10-11-18(29-17)20(26)28-13-19(25)24-21(27)23-12-14-6-2-1-3-7-14/h1-11H,12-13H2,(H2,23,24,25,27). The van der Waals surface area contributed by atoms with E-state index in [4.69, 9.17) is 20.8 Å². The summed E-state index contributed by atoms with van der Waals surface area (Å²) in [4.78, 5) is 35.5. The van der Waals surface area contributed by atoms with Crippen molar-refractivity contribution < 1.29 is 23.5 Å². The molecule has 8 heteroatoms. The number of furan rings is 1. The summed E-state index contributed by atoms with van der Waals surface area (Å²) < 4.78 is 10.3. The number of urea groups is 1. The first kappa shape index (κ1) is 20.2. The Kier molecular flexibility index (Phi) is 6.65. The first-order valence-corrected chi connectivity index (χ1v) is 9.04. The highest BCUT2D eigenvalue weighted by molar-refractivity contribution is 6.33. The number of benzene rings is 2. The van der Waals surface area contributed by atoms with Crippen LogP contribution in [0.3, 0.4) is 0 Å². The van der Waals surface area contributed by atoms with Crippen molar-refractivity contribution in [1.29, 1.82) is 0 Å². The van der Waals surface area contributed by atoms with Gasteiger partial charge < -0.3 is 14.5 Å². The Balaban J connectivity index is 1.46. The molecule has 0 bridgehead atoms. The molecule has 0 spiro atoms. The van der Waals surface area contributed by atoms with Crippen LogP contribution in [-0.4, -0.2) is 24.5 Å². The van der Waals surface area contributed by atoms with Gasteiger partial charge in [-0.2, -0.15) is 0 Å². The summed E-state index contributed by atoms with van der Waals surface area (Å²) in [6.45, 7) is -0.364. The van der Waals surface area contributed by atoms with Crippen molar-refractivity contribution in [2.45, 2.75) is 6.54 Å². The fourth-order valence-corrected chi connectivity index (χ4v) is 2.67. The largest absolute Gasteiger partial charge is 0.450 e. The smallest absolute Gasteiger partial charge is 0.374 e. The molecule has 1 heterocycles. The molecule has 3 aromatic rings. The molecule has 0 saturated heterocycles. The van der Waals surface area contributed by atoms with Crippen molar-refractivity contribution >= 4 is 29.5 Å². The number of imide groups is 1. The summed E-state index contributed by atoms with van der Waals surface area (Å²) >= 11 is 6.10. The Morgan fingerprint density at radius 2 is 1.66 bits per heavy atom. The molecular weight excluding hydrogens is 396 g/mol. The first-order valence-electron chi connectivity index (χ1n) is 8.66. The van der Waals surface area contributed by atoms with Crippen LogP contribution in [0.5, 0.6) is 0 Å². The van der Waals surface area contributed by atoms with Gasteiger partial charge in [0.2, 0.25) is 5.76 Å². The number of rotatable bonds is 6. The lowest BCUT2D eigenvalue weighted by Gasteiger charge is -2.07. The predicted molar refractivity (Wildman–Crippen MR) is 106 cm³/mol. The highest BCUT2D eigenvalue weighted by Gasteiger charge is 2.17. The van der Waals surface area contributed by atoms with Gasteiger partial charge in [-0.15, -0.1) is 0 Å². The van der Waals surface area contributed by atoms with Crippen LogP contribution < -0.4 is 10.6 Å². The number of ether oxygens (including phenoxy) is 1. The third kappa shape index (κ3) is 5.70. The number of esters is 1. The van der Waals surface area contributed by atoms with Gasteiger partial charge >= 0.3 is 12.0 Å². The van der Waals surface area contributed by atoms with Crippen molar-refractivity contribution in [2.24, 2.45) is 0 Å². The van der Waals surface area contributed by atoms with Gasteiger partial charge in [-0.1, -0.05) is 54.1 Å². The molecule has 2 aromatic carbocycles. The minimum atomic E-state index is -0.830. The topological polar surface area (TPSA) is 97.6 Å². The molecule has 2 N–H and O–H groups in total. The molecule has 0 fully saturated rings. The number of carbonyl (C=O) groups excluding carboxylic acids is 3. The minimum Gasteiger partial charge on any atom is -0.450 e. The van der Waals surface area contributed by atoms with Gasteiger partial charge in [0, 0.05) is 12.1 Å².